The van der Waals surface area contributed by atoms with E-state index in [2.05, 4.69) is 16.9 Å². The van der Waals surface area contributed by atoms with Crippen LogP contribution in [-0.2, 0) is 9.53 Å². The van der Waals surface area contributed by atoms with Gasteiger partial charge in [0.05, 0.1) is 10.7 Å². The van der Waals surface area contributed by atoms with Gasteiger partial charge in [-0.3, -0.25) is 4.79 Å². The molecular weight excluding hydrogens is 328 g/mol. The Labute approximate surface area is 129 Å². The zero-order chi connectivity index (χ0) is 15.3. The third-order valence-corrected chi connectivity index (χ3v) is 3.18. The van der Waals surface area contributed by atoms with Crippen LogP contribution in [0.25, 0.3) is 0 Å². The van der Waals surface area contributed by atoms with Gasteiger partial charge in [0, 0.05) is 6.54 Å². The van der Waals surface area contributed by atoms with Crippen LogP contribution in [0, 0.1) is 0 Å². The number of halogens is 3. The van der Waals surface area contributed by atoms with Crippen molar-refractivity contribution in [1.82, 2.24) is 10.3 Å². The van der Waals surface area contributed by atoms with Crippen molar-refractivity contribution in [2.24, 2.45) is 0 Å². The van der Waals surface area contributed by atoms with E-state index in [9.17, 15) is 9.59 Å². The Hall–Kier alpha value is -1.50. The minimum Gasteiger partial charge on any atom is -0.451 e. The standard InChI is InChI=1S/C11H10Cl3N3O3/c1-2-3-16-5(18)4-20-11(19)9-6(12)8(15)7(13)10(14)17-9/h2H,1,3-4H2,(H2,15,17)(H,16,18). The maximum Gasteiger partial charge on any atom is 0.359 e. The van der Waals surface area contributed by atoms with E-state index >= 15 is 0 Å². The molecule has 1 rings (SSSR count). The fourth-order valence-electron chi connectivity index (χ4n) is 1.10. The molecule has 1 aromatic rings. The van der Waals surface area contributed by atoms with E-state index in [0.29, 0.717) is 0 Å². The molecule has 0 aromatic carbocycles. The number of hydrogen-bond acceptors (Lipinski definition) is 5. The van der Waals surface area contributed by atoms with E-state index in [1.165, 1.54) is 6.08 Å². The van der Waals surface area contributed by atoms with Crippen molar-refractivity contribution in [2.75, 3.05) is 18.9 Å². The number of ether oxygens (including phenoxy) is 1. The average molecular weight is 339 g/mol. The maximum atomic E-state index is 11.7. The zero-order valence-corrected chi connectivity index (χ0v) is 12.3. The zero-order valence-electron chi connectivity index (χ0n) is 10.1. The van der Waals surface area contributed by atoms with Gasteiger partial charge in [0.2, 0.25) is 0 Å². The van der Waals surface area contributed by atoms with Crippen LogP contribution in [0.15, 0.2) is 12.7 Å². The Balaban J connectivity index is 2.78. The second-order valence-corrected chi connectivity index (χ2v) is 4.58. The summed E-state index contributed by atoms with van der Waals surface area (Å²) < 4.78 is 4.73. The van der Waals surface area contributed by atoms with Crippen LogP contribution in [0.1, 0.15) is 10.5 Å². The van der Waals surface area contributed by atoms with E-state index in [-0.39, 0.29) is 33.1 Å². The lowest BCUT2D eigenvalue weighted by Crippen LogP contribution is -2.29. The third kappa shape index (κ3) is 4.00. The van der Waals surface area contributed by atoms with E-state index in [4.69, 9.17) is 45.3 Å². The van der Waals surface area contributed by atoms with Gasteiger partial charge in [-0.25, -0.2) is 9.78 Å². The molecular formula is C11H10Cl3N3O3. The molecule has 108 valence electrons. The normalized spacial score (nSPS) is 9.95. The molecule has 0 spiro atoms. The van der Waals surface area contributed by atoms with Crippen molar-refractivity contribution in [3.8, 4) is 0 Å². The highest BCUT2D eigenvalue weighted by molar-refractivity contribution is 6.46. The molecule has 3 N–H and O–H groups in total. The number of nitrogens with two attached hydrogens (primary N) is 1. The van der Waals surface area contributed by atoms with Gasteiger partial charge in [0.25, 0.3) is 5.91 Å². The van der Waals surface area contributed by atoms with Crippen LogP contribution >= 0.6 is 34.8 Å². The van der Waals surface area contributed by atoms with Crippen molar-refractivity contribution < 1.29 is 14.3 Å². The molecule has 9 heteroatoms. The minimum atomic E-state index is -0.936. The maximum absolute atomic E-state index is 11.7. The highest BCUT2D eigenvalue weighted by atomic mass is 35.5. The number of hydrogen-bond donors (Lipinski definition) is 2. The first-order valence-corrected chi connectivity index (χ1v) is 6.36. The number of carbonyl (C=O) groups excluding carboxylic acids is 2. The van der Waals surface area contributed by atoms with Gasteiger partial charge in [-0.05, 0) is 0 Å². The Morgan fingerprint density at radius 1 is 1.35 bits per heavy atom. The Bertz CT molecular complexity index is 564. The summed E-state index contributed by atoms with van der Waals surface area (Å²) in [7, 11) is 0. The fourth-order valence-corrected chi connectivity index (χ4v) is 1.69. The molecule has 1 aromatic heterocycles. The second-order valence-electron chi connectivity index (χ2n) is 3.46. The molecule has 0 fully saturated rings. The lowest BCUT2D eigenvalue weighted by molar-refractivity contribution is -0.124. The predicted octanol–water partition coefficient (Wildman–Crippen LogP) is 2.08. The molecule has 0 aliphatic heterocycles. The summed E-state index contributed by atoms with van der Waals surface area (Å²) in [5.41, 5.74) is 5.16. The summed E-state index contributed by atoms with van der Waals surface area (Å²) in [6.45, 7) is 3.19. The number of nitrogen functional groups attached to an aromatic ring is 1. The van der Waals surface area contributed by atoms with E-state index < -0.39 is 18.5 Å². The van der Waals surface area contributed by atoms with Gasteiger partial charge >= 0.3 is 5.97 Å². The molecule has 20 heavy (non-hydrogen) atoms. The molecule has 0 saturated heterocycles. The molecule has 0 radical (unpaired) electrons. The van der Waals surface area contributed by atoms with Gasteiger partial charge < -0.3 is 15.8 Å². The summed E-state index contributed by atoms with van der Waals surface area (Å²) in [5, 5.41) is 2.00. The monoisotopic (exact) mass is 337 g/mol. The molecule has 1 heterocycles. The molecule has 0 atom stereocenters. The number of esters is 1. The number of carbonyl (C=O) groups is 2. The summed E-state index contributed by atoms with van der Waals surface area (Å²) in [4.78, 5) is 26.7. The summed E-state index contributed by atoms with van der Waals surface area (Å²) >= 11 is 17.2. The number of anilines is 1. The van der Waals surface area contributed by atoms with Crippen molar-refractivity contribution in [3.63, 3.8) is 0 Å². The Morgan fingerprint density at radius 3 is 2.60 bits per heavy atom. The number of amides is 1. The molecule has 0 unspecified atom stereocenters. The average Bonchev–Trinajstić information content (AvgIpc) is 2.44. The van der Waals surface area contributed by atoms with E-state index in [0.717, 1.165) is 0 Å². The largest absolute Gasteiger partial charge is 0.451 e. The van der Waals surface area contributed by atoms with Crippen LogP contribution in [0.5, 0.6) is 0 Å². The number of rotatable bonds is 5. The van der Waals surface area contributed by atoms with Crippen LogP contribution < -0.4 is 11.1 Å². The van der Waals surface area contributed by atoms with Crippen LogP contribution in [0.4, 0.5) is 5.69 Å². The molecule has 0 saturated carbocycles. The Kier molecular flexibility index (Phi) is 6.06. The van der Waals surface area contributed by atoms with E-state index in [1.54, 1.807) is 0 Å². The number of pyridine rings is 1. The minimum absolute atomic E-state index is 0.0584. The molecule has 0 aliphatic carbocycles. The van der Waals surface area contributed by atoms with Crippen LogP contribution in [-0.4, -0.2) is 30.0 Å². The topological polar surface area (TPSA) is 94.3 Å². The number of nitrogens with one attached hydrogen (secondary N) is 1. The fraction of sp³-hybridized carbons (Fsp3) is 0.182. The van der Waals surface area contributed by atoms with Gasteiger partial charge in [0.1, 0.15) is 5.02 Å². The summed E-state index contributed by atoms with van der Waals surface area (Å²) in [5.74, 6) is -1.43. The number of nitrogens with zero attached hydrogens (tertiary/aromatic N) is 1. The first kappa shape index (κ1) is 16.6. The molecule has 6 nitrogen and oxygen atoms in total. The quantitative estimate of drug-likeness (QED) is 0.487. The van der Waals surface area contributed by atoms with Crippen molar-refractivity contribution >= 4 is 52.4 Å². The van der Waals surface area contributed by atoms with Gasteiger partial charge in [0.15, 0.2) is 17.5 Å². The lowest BCUT2D eigenvalue weighted by atomic mass is 10.3. The summed E-state index contributed by atoms with van der Waals surface area (Å²) in [6, 6.07) is 0. The Morgan fingerprint density at radius 2 is 2.00 bits per heavy atom. The molecule has 1 amide bonds. The first-order chi connectivity index (χ1) is 9.38. The van der Waals surface area contributed by atoms with Gasteiger partial charge in [-0.1, -0.05) is 40.9 Å². The van der Waals surface area contributed by atoms with Crippen molar-refractivity contribution in [2.45, 2.75) is 0 Å². The SMILES string of the molecule is C=CCNC(=O)COC(=O)c1nc(Cl)c(Cl)c(N)c1Cl. The van der Waals surface area contributed by atoms with Gasteiger partial charge in [-0.2, -0.15) is 0 Å². The van der Waals surface area contributed by atoms with Crippen molar-refractivity contribution in [1.29, 1.82) is 0 Å². The highest BCUT2D eigenvalue weighted by Crippen LogP contribution is 2.34. The lowest BCUT2D eigenvalue weighted by Gasteiger charge is -2.09. The summed E-state index contributed by atoms with van der Waals surface area (Å²) in [6.07, 6.45) is 1.48. The van der Waals surface area contributed by atoms with Crippen LogP contribution in [0.2, 0.25) is 15.2 Å². The van der Waals surface area contributed by atoms with E-state index in [1.807, 2.05) is 0 Å². The molecule has 0 bridgehead atoms. The smallest absolute Gasteiger partial charge is 0.359 e. The first-order valence-electron chi connectivity index (χ1n) is 5.23. The van der Waals surface area contributed by atoms with Crippen molar-refractivity contribution in [3.05, 3.63) is 33.5 Å². The number of aromatic nitrogens is 1. The van der Waals surface area contributed by atoms with Gasteiger partial charge in [-0.15, -0.1) is 6.58 Å². The van der Waals surface area contributed by atoms with Crippen LogP contribution in [0.3, 0.4) is 0 Å². The highest BCUT2D eigenvalue weighted by Gasteiger charge is 2.21. The molecule has 0 aliphatic rings. The third-order valence-electron chi connectivity index (χ3n) is 2.04. The predicted molar refractivity (Wildman–Crippen MR) is 77.2 cm³/mol. The second kappa shape index (κ2) is 7.33.